The SMILES string of the molecule is O=C(NCCN1CCCCC1)c1csc(CSc2nnc(-c3ccco3)n2-c2ccccc2Cl)n1. The summed E-state index contributed by atoms with van der Waals surface area (Å²) in [6.07, 6.45) is 5.40. The lowest BCUT2D eigenvalue weighted by atomic mass is 10.1. The molecule has 1 aromatic carbocycles. The number of thioether (sulfide) groups is 1. The number of likely N-dealkylation sites (tertiary alicyclic amines) is 1. The number of hydrogen-bond acceptors (Lipinski definition) is 8. The van der Waals surface area contributed by atoms with E-state index >= 15 is 0 Å². The lowest BCUT2D eigenvalue weighted by Gasteiger charge is -2.26. The van der Waals surface area contributed by atoms with Gasteiger partial charge in [0.15, 0.2) is 10.9 Å². The molecule has 0 unspecified atom stereocenters. The Balaban J connectivity index is 1.25. The van der Waals surface area contributed by atoms with Crippen LogP contribution in [0.4, 0.5) is 0 Å². The monoisotopic (exact) mass is 528 g/mol. The van der Waals surface area contributed by atoms with Crippen molar-refractivity contribution in [1.82, 2.24) is 30.0 Å². The Kier molecular flexibility index (Phi) is 7.82. The zero-order chi connectivity index (χ0) is 24.0. The first-order valence-electron chi connectivity index (χ1n) is 11.5. The van der Waals surface area contributed by atoms with Gasteiger partial charge in [0.05, 0.1) is 22.7 Å². The molecule has 0 radical (unpaired) electrons. The molecule has 3 aromatic heterocycles. The van der Waals surface area contributed by atoms with E-state index in [1.807, 2.05) is 41.0 Å². The maximum absolute atomic E-state index is 12.5. The van der Waals surface area contributed by atoms with E-state index in [1.165, 1.54) is 42.4 Å². The number of hydrogen-bond donors (Lipinski definition) is 1. The second-order valence-electron chi connectivity index (χ2n) is 8.14. The Hall–Kier alpha value is -2.66. The molecule has 1 amide bonds. The van der Waals surface area contributed by atoms with Crippen molar-refractivity contribution in [2.24, 2.45) is 0 Å². The molecule has 1 saturated heterocycles. The van der Waals surface area contributed by atoms with E-state index in [4.69, 9.17) is 16.0 Å². The molecule has 4 aromatic rings. The predicted molar refractivity (Wildman–Crippen MR) is 138 cm³/mol. The highest BCUT2D eigenvalue weighted by Gasteiger charge is 2.20. The Bertz CT molecular complexity index is 1270. The second-order valence-corrected chi connectivity index (χ2v) is 10.4. The van der Waals surface area contributed by atoms with E-state index in [9.17, 15) is 4.79 Å². The minimum absolute atomic E-state index is 0.131. The zero-order valence-electron chi connectivity index (χ0n) is 19.0. The number of nitrogens with zero attached hydrogens (tertiary/aromatic N) is 5. The molecule has 0 aliphatic carbocycles. The van der Waals surface area contributed by atoms with Crippen molar-refractivity contribution >= 4 is 40.6 Å². The minimum Gasteiger partial charge on any atom is -0.461 e. The Labute approximate surface area is 216 Å². The van der Waals surface area contributed by atoms with Crippen LogP contribution in [0, 0.1) is 0 Å². The number of aromatic nitrogens is 4. The van der Waals surface area contributed by atoms with Crippen LogP contribution in [0.5, 0.6) is 0 Å². The van der Waals surface area contributed by atoms with Crippen LogP contribution in [-0.2, 0) is 5.75 Å². The number of piperidine rings is 1. The van der Waals surface area contributed by atoms with Crippen molar-refractivity contribution in [1.29, 1.82) is 0 Å². The number of furan rings is 1. The molecule has 0 saturated carbocycles. The summed E-state index contributed by atoms with van der Waals surface area (Å²) in [5.41, 5.74) is 1.22. The summed E-state index contributed by atoms with van der Waals surface area (Å²) in [7, 11) is 0. The van der Waals surface area contributed by atoms with Crippen LogP contribution < -0.4 is 5.32 Å². The number of para-hydroxylation sites is 1. The fourth-order valence-corrected chi connectivity index (χ4v) is 5.95. The first kappa shape index (κ1) is 24.1. The molecule has 182 valence electrons. The molecular weight excluding hydrogens is 504 g/mol. The molecular formula is C24H25ClN6O2S2. The van der Waals surface area contributed by atoms with Gasteiger partial charge in [-0.15, -0.1) is 21.5 Å². The highest BCUT2D eigenvalue weighted by atomic mass is 35.5. The molecule has 11 heteroatoms. The van der Waals surface area contributed by atoms with Gasteiger partial charge in [0, 0.05) is 18.5 Å². The third-order valence-electron chi connectivity index (χ3n) is 5.74. The summed E-state index contributed by atoms with van der Waals surface area (Å²) < 4.78 is 7.45. The summed E-state index contributed by atoms with van der Waals surface area (Å²) in [5.74, 6) is 1.58. The fourth-order valence-electron chi connectivity index (χ4n) is 3.99. The summed E-state index contributed by atoms with van der Waals surface area (Å²) in [6.45, 7) is 3.76. The Morgan fingerprint density at radius 3 is 2.80 bits per heavy atom. The summed E-state index contributed by atoms with van der Waals surface area (Å²) in [5, 5.41) is 15.6. The van der Waals surface area contributed by atoms with E-state index in [0.29, 0.717) is 39.8 Å². The highest BCUT2D eigenvalue weighted by molar-refractivity contribution is 7.98. The predicted octanol–water partition coefficient (Wildman–Crippen LogP) is 5.15. The second kappa shape index (κ2) is 11.4. The number of carbonyl (C=O) groups excluding carboxylic acids is 1. The van der Waals surface area contributed by atoms with E-state index in [2.05, 4.69) is 25.4 Å². The molecule has 1 aliphatic rings. The molecule has 5 rings (SSSR count). The Morgan fingerprint density at radius 1 is 1.14 bits per heavy atom. The topological polar surface area (TPSA) is 89.1 Å². The maximum atomic E-state index is 12.5. The third kappa shape index (κ3) is 5.78. The van der Waals surface area contributed by atoms with Gasteiger partial charge in [0.1, 0.15) is 10.7 Å². The zero-order valence-corrected chi connectivity index (χ0v) is 21.4. The van der Waals surface area contributed by atoms with Gasteiger partial charge in [-0.2, -0.15) is 0 Å². The van der Waals surface area contributed by atoms with E-state index in [1.54, 1.807) is 11.6 Å². The van der Waals surface area contributed by atoms with Crippen molar-refractivity contribution < 1.29 is 9.21 Å². The number of rotatable bonds is 9. The summed E-state index contributed by atoms with van der Waals surface area (Å²) >= 11 is 9.44. The summed E-state index contributed by atoms with van der Waals surface area (Å²) in [4.78, 5) is 19.5. The largest absolute Gasteiger partial charge is 0.461 e. The number of benzene rings is 1. The standard InChI is InChI=1S/C24H25ClN6O2S2/c25-17-7-2-3-8-19(17)31-22(20-9-6-14-33-20)28-29-24(31)35-16-21-27-18(15-34-21)23(32)26-10-13-30-11-4-1-5-12-30/h2-3,6-9,14-15H,1,4-5,10-13,16H2,(H,26,32). The molecule has 8 nitrogen and oxygen atoms in total. The molecule has 35 heavy (non-hydrogen) atoms. The van der Waals surface area contributed by atoms with E-state index in [-0.39, 0.29) is 5.91 Å². The van der Waals surface area contributed by atoms with Gasteiger partial charge in [-0.25, -0.2) is 4.98 Å². The molecule has 4 heterocycles. The molecule has 1 N–H and O–H groups in total. The van der Waals surface area contributed by atoms with Crippen LogP contribution in [0.15, 0.2) is 57.6 Å². The van der Waals surface area contributed by atoms with Crippen LogP contribution in [0.2, 0.25) is 5.02 Å². The number of amides is 1. The number of carbonyl (C=O) groups is 1. The molecule has 0 bridgehead atoms. The van der Waals surface area contributed by atoms with Crippen molar-refractivity contribution in [2.45, 2.75) is 30.2 Å². The fraction of sp³-hybridized carbons (Fsp3) is 0.333. The van der Waals surface area contributed by atoms with Crippen molar-refractivity contribution in [3.63, 3.8) is 0 Å². The first-order valence-corrected chi connectivity index (χ1v) is 13.8. The van der Waals surface area contributed by atoms with E-state index < -0.39 is 0 Å². The van der Waals surface area contributed by atoms with Gasteiger partial charge in [-0.1, -0.05) is 41.9 Å². The average Bonchev–Trinajstić information content (AvgIpc) is 3.64. The summed E-state index contributed by atoms with van der Waals surface area (Å²) in [6, 6.07) is 11.2. The van der Waals surface area contributed by atoms with Gasteiger partial charge in [0.2, 0.25) is 5.82 Å². The number of nitrogens with one attached hydrogen (secondary N) is 1. The highest BCUT2D eigenvalue weighted by Crippen LogP contribution is 2.33. The number of halogens is 1. The van der Waals surface area contributed by atoms with Gasteiger partial charge < -0.3 is 14.6 Å². The van der Waals surface area contributed by atoms with Crippen LogP contribution in [0.3, 0.4) is 0 Å². The third-order valence-corrected chi connectivity index (χ3v) is 8.03. The molecule has 1 fully saturated rings. The van der Waals surface area contributed by atoms with E-state index in [0.717, 1.165) is 30.3 Å². The lowest BCUT2D eigenvalue weighted by molar-refractivity contribution is 0.0942. The van der Waals surface area contributed by atoms with Crippen LogP contribution in [0.1, 0.15) is 34.8 Å². The molecule has 1 aliphatic heterocycles. The lowest BCUT2D eigenvalue weighted by Crippen LogP contribution is -2.37. The van der Waals surface area contributed by atoms with Crippen LogP contribution in [0.25, 0.3) is 17.3 Å². The first-order chi connectivity index (χ1) is 17.2. The quantitative estimate of drug-likeness (QED) is 0.301. The Morgan fingerprint density at radius 2 is 2.00 bits per heavy atom. The molecule has 0 spiro atoms. The normalized spacial score (nSPS) is 14.3. The minimum atomic E-state index is -0.131. The number of thiazole rings is 1. The van der Waals surface area contributed by atoms with Gasteiger partial charge in [0.25, 0.3) is 5.91 Å². The van der Waals surface area contributed by atoms with Crippen LogP contribution in [-0.4, -0.2) is 56.7 Å². The van der Waals surface area contributed by atoms with Gasteiger partial charge in [-0.05, 0) is 50.2 Å². The van der Waals surface area contributed by atoms with Crippen LogP contribution >= 0.6 is 34.7 Å². The van der Waals surface area contributed by atoms with Gasteiger partial charge in [-0.3, -0.25) is 9.36 Å². The van der Waals surface area contributed by atoms with Crippen molar-refractivity contribution in [3.8, 4) is 17.3 Å². The molecule has 0 atom stereocenters. The van der Waals surface area contributed by atoms with Gasteiger partial charge >= 0.3 is 0 Å². The van der Waals surface area contributed by atoms with Crippen molar-refractivity contribution in [3.05, 3.63) is 63.8 Å². The average molecular weight is 529 g/mol. The maximum Gasteiger partial charge on any atom is 0.270 e. The van der Waals surface area contributed by atoms with Crippen molar-refractivity contribution in [2.75, 3.05) is 26.2 Å². The smallest absolute Gasteiger partial charge is 0.270 e.